The van der Waals surface area contributed by atoms with Crippen LogP contribution >= 0.6 is 11.3 Å². The minimum atomic E-state index is -0.210. The molecule has 0 spiro atoms. The monoisotopic (exact) mass is 339 g/mol. The quantitative estimate of drug-likeness (QED) is 0.747. The number of nitrogens with one attached hydrogen (secondary N) is 1. The predicted molar refractivity (Wildman–Crippen MR) is 92.5 cm³/mol. The fourth-order valence-electron chi connectivity index (χ4n) is 2.12. The molecule has 0 aliphatic carbocycles. The first-order chi connectivity index (χ1) is 11.8. The number of aromatic nitrogens is 4. The molecule has 0 aliphatic rings. The zero-order valence-corrected chi connectivity index (χ0v) is 14.1. The number of amides is 1. The van der Waals surface area contributed by atoms with Crippen LogP contribution in [0.3, 0.4) is 0 Å². The van der Waals surface area contributed by atoms with Crippen molar-refractivity contribution in [3.05, 3.63) is 58.6 Å². The van der Waals surface area contributed by atoms with Gasteiger partial charge >= 0.3 is 0 Å². The van der Waals surface area contributed by atoms with Gasteiger partial charge in [-0.1, -0.05) is 6.92 Å². The van der Waals surface area contributed by atoms with Crippen LogP contribution in [-0.2, 0) is 13.0 Å². The highest BCUT2D eigenvalue weighted by Gasteiger charge is 2.09. The highest BCUT2D eigenvalue weighted by Crippen LogP contribution is 2.13. The molecule has 0 atom stereocenters. The zero-order chi connectivity index (χ0) is 16.8. The van der Waals surface area contributed by atoms with E-state index < -0.39 is 0 Å². The first-order valence-electron chi connectivity index (χ1n) is 7.70. The fraction of sp³-hybridized carbons (Fsp3) is 0.235. The maximum absolute atomic E-state index is 12.2. The molecule has 122 valence electrons. The number of aryl methyl sites for hydroxylation is 1. The van der Waals surface area contributed by atoms with Crippen molar-refractivity contribution in [1.82, 2.24) is 25.3 Å². The van der Waals surface area contributed by atoms with E-state index in [1.54, 1.807) is 23.7 Å². The summed E-state index contributed by atoms with van der Waals surface area (Å²) in [6.07, 6.45) is 8.46. The molecule has 0 bridgehead atoms. The van der Waals surface area contributed by atoms with E-state index in [-0.39, 0.29) is 5.91 Å². The van der Waals surface area contributed by atoms with Gasteiger partial charge in [0, 0.05) is 35.7 Å². The van der Waals surface area contributed by atoms with E-state index in [9.17, 15) is 4.79 Å². The van der Waals surface area contributed by atoms with Gasteiger partial charge in [0.1, 0.15) is 0 Å². The van der Waals surface area contributed by atoms with Crippen LogP contribution in [-0.4, -0.2) is 25.8 Å². The number of pyridine rings is 1. The Morgan fingerprint density at radius 3 is 2.79 bits per heavy atom. The second-order valence-electron chi connectivity index (χ2n) is 5.20. The molecule has 6 nitrogen and oxygen atoms in total. The lowest BCUT2D eigenvalue weighted by Crippen LogP contribution is -2.23. The summed E-state index contributed by atoms with van der Waals surface area (Å²) in [5.74, 6) is 0.334. The molecule has 0 fully saturated rings. The van der Waals surface area contributed by atoms with Gasteiger partial charge in [0.05, 0.1) is 22.8 Å². The molecular formula is C17H17N5OS. The molecule has 3 heterocycles. The molecule has 0 saturated carbocycles. The van der Waals surface area contributed by atoms with E-state index in [1.807, 2.05) is 17.5 Å². The smallest absolute Gasteiger partial charge is 0.254 e. The number of rotatable bonds is 6. The van der Waals surface area contributed by atoms with E-state index in [1.165, 1.54) is 12.4 Å². The Morgan fingerprint density at radius 1 is 1.25 bits per heavy atom. The number of carbonyl (C=O) groups is 1. The first kappa shape index (κ1) is 16.2. The van der Waals surface area contributed by atoms with Crippen molar-refractivity contribution >= 4 is 17.2 Å². The SMILES string of the molecule is CCCc1nc(CNC(=O)c2cnc(-c3cccnc3)nc2)cs1. The minimum absolute atomic E-state index is 0.210. The highest BCUT2D eigenvalue weighted by atomic mass is 32.1. The van der Waals surface area contributed by atoms with E-state index >= 15 is 0 Å². The standard InChI is InChI=1S/C17H17N5OS/c1-2-4-15-22-14(11-24-15)10-21-17(23)13-8-19-16(20-9-13)12-5-3-6-18-7-12/h3,5-9,11H,2,4,10H2,1H3,(H,21,23). The highest BCUT2D eigenvalue weighted by molar-refractivity contribution is 7.09. The van der Waals surface area contributed by atoms with Crippen LogP contribution < -0.4 is 5.32 Å². The lowest BCUT2D eigenvalue weighted by molar-refractivity contribution is 0.0949. The number of carbonyl (C=O) groups excluding carboxylic acids is 1. The molecule has 24 heavy (non-hydrogen) atoms. The summed E-state index contributed by atoms with van der Waals surface area (Å²) in [5, 5.41) is 5.92. The Kier molecular flexibility index (Phi) is 5.22. The average molecular weight is 339 g/mol. The molecular weight excluding hydrogens is 322 g/mol. The number of hydrogen-bond donors (Lipinski definition) is 1. The van der Waals surface area contributed by atoms with Gasteiger partial charge in [-0.3, -0.25) is 9.78 Å². The van der Waals surface area contributed by atoms with E-state index in [4.69, 9.17) is 0 Å². The van der Waals surface area contributed by atoms with Crippen LogP contribution in [0.1, 0.15) is 34.4 Å². The molecule has 0 aliphatic heterocycles. The summed E-state index contributed by atoms with van der Waals surface area (Å²) >= 11 is 1.63. The summed E-state index contributed by atoms with van der Waals surface area (Å²) in [5.41, 5.74) is 2.12. The molecule has 1 N–H and O–H groups in total. The third-order valence-corrected chi connectivity index (χ3v) is 4.28. The summed E-state index contributed by atoms with van der Waals surface area (Å²) in [6.45, 7) is 2.53. The lowest BCUT2D eigenvalue weighted by Gasteiger charge is -2.04. The molecule has 7 heteroatoms. The molecule has 3 aromatic rings. The summed E-state index contributed by atoms with van der Waals surface area (Å²) in [4.78, 5) is 29.1. The molecule has 3 rings (SSSR count). The van der Waals surface area contributed by atoms with Crippen molar-refractivity contribution in [2.24, 2.45) is 0 Å². The Morgan fingerprint density at radius 2 is 2.08 bits per heavy atom. The predicted octanol–water partition coefficient (Wildman–Crippen LogP) is 2.88. The molecule has 0 unspecified atom stereocenters. The van der Waals surface area contributed by atoms with Crippen LogP contribution in [0.2, 0.25) is 0 Å². The number of nitrogens with zero attached hydrogens (tertiary/aromatic N) is 4. The van der Waals surface area contributed by atoms with Crippen LogP contribution in [0.4, 0.5) is 0 Å². The van der Waals surface area contributed by atoms with Crippen LogP contribution in [0.15, 0.2) is 42.3 Å². The maximum atomic E-state index is 12.2. The Balaban J connectivity index is 1.60. The van der Waals surface area contributed by atoms with Gasteiger partial charge in [0.25, 0.3) is 5.91 Å². The summed E-state index contributed by atoms with van der Waals surface area (Å²) in [7, 11) is 0. The molecule has 3 aromatic heterocycles. The Labute approximate surface area is 144 Å². The maximum Gasteiger partial charge on any atom is 0.254 e. The van der Waals surface area contributed by atoms with Crippen LogP contribution in [0.5, 0.6) is 0 Å². The van der Waals surface area contributed by atoms with Crippen molar-refractivity contribution in [3.63, 3.8) is 0 Å². The van der Waals surface area contributed by atoms with Crippen LogP contribution in [0, 0.1) is 0 Å². The fourth-order valence-corrected chi connectivity index (χ4v) is 3.02. The van der Waals surface area contributed by atoms with E-state index in [0.29, 0.717) is 17.9 Å². The Bertz CT molecular complexity index is 801. The molecule has 1 amide bonds. The van der Waals surface area contributed by atoms with Gasteiger partial charge in [-0.25, -0.2) is 15.0 Å². The van der Waals surface area contributed by atoms with Gasteiger partial charge in [-0.15, -0.1) is 11.3 Å². The largest absolute Gasteiger partial charge is 0.346 e. The second kappa shape index (κ2) is 7.74. The first-order valence-corrected chi connectivity index (χ1v) is 8.58. The Hall–Kier alpha value is -2.67. The number of hydrogen-bond acceptors (Lipinski definition) is 6. The van der Waals surface area contributed by atoms with Crippen LogP contribution in [0.25, 0.3) is 11.4 Å². The molecule has 0 aromatic carbocycles. The minimum Gasteiger partial charge on any atom is -0.346 e. The van der Waals surface area contributed by atoms with Crippen molar-refractivity contribution in [3.8, 4) is 11.4 Å². The summed E-state index contributed by atoms with van der Waals surface area (Å²) < 4.78 is 0. The molecule has 0 saturated heterocycles. The van der Waals surface area contributed by atoms with E-state index in [2.05, 4.69) is 32.2 Å². The molecule has 0 radical (unpaired) electrons. The third-order valence-electron chi connectivity index (χ3n) is 3.33. The van der Waals surface area contributed by atoms with Crippen molar-refractivity contribution < 1.29 is 4.79 Å². The van der Waals surface area contributed by atoms with Crippen molar-refractivity contribution in [2.45, 2.75) is 26.3 Å². The van der Waals surface area contributed by atoms with Gasteiger partial charge in [-0.2, -0.15) is 0 Å². The van der Waals surface area contributed by atoms with E-state index in [0.717, 1.165) is 29.1 Å². The number of thiazole rings is 1. The van der Waals surface area contributed by atoms with Gasteiger partial charge in [0.15, 0.2) is 5.82 Å². The van der Waals surface area contributed by atoms with Gasteiger partial charge in [-0.05, 0) is 25.0 Å². The van der Waals surface area contributed by atoms with Gasteiger partial charge < -0.3 is 5.32 Å². The van der Waals surface area contributed by atoms with Crippen molar-refractivity contribution in [1.29, 1.82) is 0 Å². The van der Waals surface area contributed by atoms with Crippen molar-refractivity contribution in [2.75, 3.05) is 0 Å². The lowest BCUT2D eigenvalue weighted by atomic mass is 10.2. The normalized spacial score (nSPS) is 10.5. The second-order valence-corrected chi connectivity index (χ2v) is 6.14. The third kappa shape index (κ3) is 3.99. The topological polar surface area (TPSA) is 80.7 Å². The summed E-state index contributed by atoms with van der Waals surface area (Å²) in [6, 6.07) is 3.69. The zero-order valence-electron chi connectivity index (χ0n) is 13.3. The average Bonchev–Trinajstić information content (AvgIpc) is 3.08. The van der Waals surface area contributed by atoms with Gasteiger partial charge in [0.2, 0.25) is 0 Å².